The number of carbonyl (C=O) groups excluding carboxylic acids is 1. The summed E-state index contributed by atoms with van der Waals surface area (Å²) in [6, 6.07) is 0. The molecule has 0 saturated heterocycles. The summed E-state index contributed by atoms with van der Waals surface area (Å²) in [5.74, 6) is 0. The van der Waals surface area contributed by atoms with E-state index in [0.29, 0.717) is 0 Å². The quantitative estimate of drug-likeness (QED) is 0.348. The summed E-state index contributed by atoms with van der Waals surface area (Å²) in [4.78, 5) is 9.93. The number of hydrogen-bond acceptors (Lipinski definition) is 1. The predicted octanol–water partition coefficient (Wildman–Crippen LogP) is -2.31. The molecule has 2 heteroatoms. The van der Waals surface area contributed by atoms with E-state index in [9.17, 15) is 4.79 Å². The second-order valence-electron chi connectivity index (χ2n) is 1.10. The van der Waals surface area contributed by atoms with Crippen LogP contribution in [0.3, 0.4) is 0 Å². The van der Waals surface area contributed by atoms with Gasteiger partial charge in [0.15, 0.2) is 0 Å². The zero-order valence-electron chi connectivity index (χ0n) is 3.60. The van der Waals surface area contributed by atoms with Gasteiger partial charge in [0.05, 0.1) is 0 Å². The number of allylic oxidation sites excluding steroid dienone is 3. The van der Waals surface area contributed by atoms with Crippen molar-refractivity contribution in [2.75, 3.05) is 0 Å². The maximum absolute atomic E-state index is 9.93. The van der Waals surface area contributed by atoms with Crippen LogP contribution < -0.4 is 21.2 Å². The Morgan fingerprint density at radius 3 is 2.86 bits per heavy atom. The number of carbonyl (C=O) groups is 1. The van der Waals surface area contributed by atoms with E-state index in [4.69, 9.17) is 0 Å². The minimum absolute atomic E-state index is 0.0112. The molecule has 0 atom stereocenters. The monoisotopic (exact) mass is 207 g/mol. The van der Waals surface area contributed by atoms with Gasteiger partial charge in [0.25, 0.3) is 0 Å². The van der Waals surface area contributed by atoms with Gasteiger partial charge in [-0.2, -0.15) is 0 Å². The van der Waals surface area contributed by atoms with Crippen molar-refractivity contribution in [1.82, 2.24) is 0 Å². The summed E-state index contributed by atoms with van der Waals surface area (Å²) in [7, 11) is 0. The van der Waals surface area contributed by atoms with Gasteiger partial charge in [-0.1, -0.05) is 0 Å². The molecule has 1 aliphatic rings. The van der Waals surface area contributed by atoms with E-state index < -0.39 is 0 Å². The van der Waals surface area contributed by atoms with E-state index in [1.807, 2.05) is 12.2 Å². The van der Waals surface area contributed by atoms with Gasteiger partial charge in [-0.05, 0) is 0 Å². The van der Waals surface area contributed by atoms with Crippen molar-refractivity contribution in [2.45, 2.75) is 0 Å². The van der Waals surface area contributed by atoms with Crippen LogP contribution >= 0.6 is 0 Å². The van der Waals surface area contributed by atoms with Gasteiger partial charge in [0.1, 0.15) is 0 Å². The van der Waals surface area contributed by atoms with Crippen LogP contribution in [0.2, 0.25) is 0 Å². The standard InChI is InChI=1S/C5H4IO/c7-4-5-2-1-3-6-5/h1-4H/q-1. The molecule has 0 N–H and O–H groups in total. The first-order valence-electron chi connectivity index (χ1n) is 1.89. The van der Waals surface area contributed by atoms with Gasteiger partial charge in [-0.25, -0.2) is 0 Å². The van der Waals surface area contributed by atoms with Crippen molar-refractivity contribution in [3.8, 4) is 0 Å². The minimum atomic E-state index is -0.0112. The van der Waals surface area contributed by atoms with Gasteiger partial charge >= 0.3 is 52.1 Å². The van der Waals surface area contributed by atoms with Crippen LogP contribution in [0.4, 0.5) is 0 Å². The zero-order valence-corrected chi connectivity index (χ0v) is 5.75. The summed E-state index contributed by atoms with van der Waals surface area (Å²) >= 11 is -0.0112. The van der Waals surface area contributed by atoms with Crippen LogP contribution in [0.15, 0.2) is 19.8 Å². The van der Waals surface area contributed by atoms with Crippen LogP contribution in [0.1, 0.15) is 0 Å². The molecule has 1 aliphatic heterocycles. The molecule has 38 valence electrons. The molecule has 1 rings (SSSR count). The summed E-state index contributed by atoms with van der Waals surface area (Å²) < 4.78 is 3.06. The second kappa shape index (κ2) is 2.26. The van der Waals surface area contributed by atoms with Gasteiger partial charge in [-0.3, -0.25) is 0 Å². The number of hydrogen-bond donors (Lipinski definition) is 0. The van der Waals surface area contributed by atoms with Crippen molar-refractivity contribution in [3.63, 3.8) is 0 Å². The first-order valence-corrected chi connectivity index (χ1v) is 4.21. The van der Waals surface area contributed by atoms with Gasteiger partial charge < -0.3 is 0 Å². The molecule has 1 heterocycles. The first kappa shape index (κ1) is 5.03. The molecule has 0 aromatic carbocycles. The number of aldehydes is 1. The van der Waals surface area contributed by atoms with Crippen molar-refractivity contribution >= 4 is 6.29 Å². The van der Waals surface area contributed by atoms with E-state index in [1.165, 1.54) is 0 Å². The summed E-state index contributed by atoms with van der Waals surface area (Å²) in [5.41, 5.74) is 0. The normalized spacial score (nSPS) is 18.0. The summed E-state index contributed by atoms with van der Waals surface area (Å²) in [5, 5.41) is 0. The van der Waals surface area contributed by atoms with Crippen molar-refractivity contribution in [2.24, 2.45) is 0 Å². The van der Waals surface area contributed by atoms with Crippen LogP contribution in [0, 0.1) is 0 Å². The molecule has 7 heavy (non-hydrogen) atoms. The second-order valence-corrected chi connectivity index (χ2v) is 3.68. The Morgan fingerprint density at radius 2 is 2.57 bits per heavy atom. The SMILES string of the molecule is O=CC1=CC=C[I-]1. The molecule has 0 unspecified atom stereocenters. The van der Waals surface area contributed by atoms with Crippen LogP contribution in [0.25, 0.3) is 0 Å². The van der Waals surface area contributed by atoms with E-state index in [0.717, 1.165) is 9.87 Å². The molecular formula is C5H4IO-. The Kier molecular flexibility index (Phi) is 1.62. The van der Waals surface area contributed by atoms with Gasteiger partial charge in [-0.15, -0.1) is 0 Å². The van der Waals surface area contributed by atoms with Crippen LogP contribution in [-0.4, -0.2) is 6.29 Å². The molecular weight excluding hydrogens is 203 g/mol. The van der Waals surface area contributed by atoms with Crippen LogP contribution in [-0.2, 0) is 4.79 Å². The van der Waals surface area contributed by atoms with Gasteiger partial charge in [0, 0.05) is 0 Å². The molecule has 0 aromatic heterocycles. The summed E-state index contributed by atoms with van der Waals surface area (Å²) in [6.07, 6.45) is 4.75. The molecule has 0 radical (unpaired) electrons. The van der Waals surface area contributed by atoms with Crippen molar-refractivity contribution in [3.05, 3.63) is 19.8 Å². The molecule has 0 saturated carbocycles. The molecule has 0 aromatic rings. The Bertz CT molecular complexity index is 135. The fourth-order valence-electron chi connectivity index (χ4n) is 0.339. The topological polar surface area (TPSA) is 17.1 Å². The number of halogens is 1. The van der Waals surface area contributed by atoms with E-state index >= 15 is 0 Å². The first-order chi connectivity index (χ1) is 3.43. The Hall–Kier alpha value is -0.120. The third kappa shape index (κ3) is 1.12. The fourth-order valence-corrected chi connectivity index (χ4v) is 1.73. The van der Waals surface area contributed by atoms with E-state index in [-0.39, 0.29) is 21.2 Å². The third-order valence-electron chi connectivity index (χ3n) is 0.630. The fraction of sp³-hybridized carbons (Fsp3) is 0. The van der Waals surface area contributed by atoms with E-state index in [2.05, 4.69) is 4.08 Å². The Balaban J connectivity index is 2.61. The zero-order chi connectivity index (χ0) is 5.11. The predicted molar refractivity (Wildman–Crippen MR) is 23.3 cm³/mol. The Labute approximate surface area is 52.4 Å². The Morgan fingerprint density at radius 1 is 1.71 bits per heavy atom. The molecule has 0 aliphatic carbocycles. The average Bonchev–Trinajstić information content (AvgIpc) is 2.14. The maximum atomic E-state index is 9.93. The molecule has 0 amide bonds. The van der Waals surface area contributed by atoms with Crippen LogP contribution in [0.5, 0.6) is 0 Å². The molecule has 0 spiro atoms. The average molecular weight is 207 g/mol. The molecule has 0 bridgehead atoms. The molecule has 1 nitrogen and oxygen atoms in total. The number of rotatable bonds is 1. The van der Waals surface area contributed by atoms with Crippen molar-refractivity contribution in [1.29, 1.82) is 0 Å². The third-order valence-corrected chi connectivity index (χ3v) is 2.74. The molecule has 0 fully saturated rings. The van der Waals surface area contributed by atoms with Crippen molar-refractivity contribution < 1.29 is 26.0 Å². The van der Waals surface area contributed by atoms with E-state index in [1.54, 1.807) is 0 Å². The summed E-state index contributed by atoms with van der Waals surface area (Å²) in [6.45, 7) is 0. The van der Waals surface area contributed by atoms with Gasteiger partial charge in [0.2, 0.25) is 0 Å².